The van der Waals surface area contributed by atoms with Gasteiger partial charge in [-0.3, -0.25) is 9.59 Å². The minimum absolute atomic E-state index is 0.0375. The van der Waals surface area contributed by atoms with Crippen LogP contribution in [0.2, 0.25) is 0 Å². The molecule has 1 atom stereocenters. The largest absolute Gasteiger partial charge is 0.492 e. The number of nitrogens with zero attached hydrogens (tertiary/aromatic N) is 2. The molecule has 2 aromatic heterocycles. The van der Waals surface area contributed by atoms with E-state index in [1.54, 1.807) is 27.4 Å². The van der Waals surface area contributed by atoms with Crippen LogP contribution in [0.15, 0.2) is 64.6 Å². The number of carbonyl (C=O) groups is 2. The van der Waals surface area contributed by atoms with Gasteiger partial charge in [-0.05, 0) is 42.6 Å². The van der Waals surface area contributed by atoms with Crippen molar-refractivity contribution in [3.63, 3.8) is 0 Å². The van der Waals surface area contributed by atoms with Gasteiger partial charge in [-0.1, -0.05) is 18.2 Å². The van der Waals surface area contributed by atoms with Gasteiger partial charge < -0.3 is 19.0 Å². The van der Waals surface area contributed by atoms with Gasteiger partial charge in [0.2, 0.25) is 11.8 Å². The molecule has 156 valence electrons. The van der Waals surface area contributed by atoms with Crippen LogP contribution in [0, 0.1) is 5.92 Å². The Balaban J connectivity index is 1.53. The third-order valence-electron chi connectivity index (χ3n) is 5.10. The van der Waals surface area contributed by atoms with Gasteiger partial charge in [0.05, 0.1) is 37.6 Å². The number of benzene rings is 1. The van der Waals surface area contributed by atoms with Crippen molar-refractivity contribution in [3.8, 4) is 5.75 Å². The molecule has 7 heteroatoms. The average molecular weight is 425 g/mol. The molecule has 0 N–H and O–H groups in total. The van der Waals surface area contributed by atoms with E-state index in [2.05, 4.69) is 0 Å². The van der Waals surface area contributed by atoms with Crippen LogP contribution in [-0.4, -0.2) is 29.9 Å². The summed E-state index contributed by atoms with van der Waals surface area (Å²) in [4.78, 5) is 30.7. The molecule has 4 rings (SSSR count). The van der Waals surface area contributed by atoms with Crippen molar-refractivity contribution in [1.82, 2.24) is 4.90 Å². The molecular weight excluding hydrogens is 400 g/mol. The smallest absolute Gasteiger partial charge is 0.228 e. The van der Waals surface area contributed by atoms with Crippen molar-refractivity contribution in [2.24, 2.45) is 5.92 Å². The van der Waals surface area contributed by atoms with Gasteiger partial charge in [-0.15, -0.1) is 11.3 Å². The van der Waals surface area contributed by atoms with Crippen molar-refractivity contribution in [2.75, 3.05) is 18.1 Å². The molecule has 0 bridgehead atoms. The van der Waals surface area contributed by atoms with E-state index in [1.165, 1.54) is 0 Å². The topological polar surface area (TPSA) is 63.0 Å². The molecule has 30 heavy (non-hydrogen) atoms. The van der Waals surface area contributed by atoms with E-state index in [9.17, 15) is 9.59 Å². The second-order valence-corrected chi connectivity index (χ2v) is 8.19. The number of ether oxygens (including phenoxy) is 1. The molecule has 2 amide bonds. The highest BCUT2D eigenvalue weighted by Crippen LogP contribution is 2.34. The van der Waals surface area contributed by atoms with Crippen molar-refractivity contribution in [3.05, 3.63) is 70.8 Å². The van der Waals surface area contributed by atoms with Crippen molar-refractivity contribution in [1.29, 1.82) is 0 Å². The predicted molar refractivity (Wildman–Crippen MR) is 115 cm³/mol. The molecule has 1 aliphatic rings. The van der Waals surface area contributed by atoms with E-state index in [1.807, 2.05) is 60.8 Å². The van der Waals surface area contributed by atoms with E-state index >= 15 is 0 Å². The first-order valence-electron chi connectivity index (χ1n) is 10.0. The fourth-order valence-corrected chi connectivity index (χ4v) is 4.43. The molecule has 1 fully saturated rings. The quantitative estimate of drug-likeness (QED) is 0.540. The highest BCUT2D eigenvalue weighted by molar-refractivity contribution is 7.09. The summed E-state index contributed by atoms with van der Waals surface area (Å²) in [5.74, 6) is 0.886. The first-order valence-corrected chi connectivity index (χ1v) is 10.9. The second-order valence-electron chi connectivity index (χ2n) is 7.16. The molecule has 1 unspecified atom stereocenters. The van der Waals surface area contributed by atoms with Gasteiger partial charge in [0, 0.05) is 17.8 Å². The summed E-state index contributed by atoms with van der Waals surface area (Å²) in [7, 11) is 0. The van der Waals surface area contributed by atoms with Crippen LogP contribution in [-0.2, 0) is 22.7 Å². The summed E-state index contributed by atoms with van der Waals surface area (Å²) in [6.45, 7) is 3.65. The van der Waals surface area contributed by atoms with Crippen LogP contribution >= 0.6 is 11.3 Å². The second kappa shape index (κ2) is 9.17. The molecule has 1 aliphatic heterocycles. The number of carbonyl (C=O) groups excluding carboxylic acids is 2. The molecule has 0 saturated carbocycles. The van der Waals surface area contributed by atoms with Crippen LogP contribution in [0.3, 0.4) is 0 Å². The summed E-state index contributed by atoms with van der Waals surface area (Å²) in [5.41, 5.74) is 0.718. The Morgan fingerprint density at radius 2 is 2.07 bits per heavy atom. The molecule has 0 spiro atoms. The van der Waals surface area contributed by atoms with Gasteiger partial charge >= 0.3 is 0 Å². The Bertz CT molecular complexity index is 948. The third-order valence-corrected chi connectivity index (χ3v) is 5.96. The molecule has 0 radical (unpaired) electrons. The Kier molecular flexibility index (Phi) is 6.18. The Morgan fingerprint density at radius 1 is 1.20 bits per heavy atom. The highest BCUT2D eigenvalue weighted by Gasteiger charge is 2.38. The summed E-state index contributed by atoms with van der Waals surface area (Å²) >= 11 is 1.61. The third kappa shape index (κ3) is 4.41. The van der Waals surface area contributed by atoms with Crippen molar-refractivity contribution >= 4 is 28.8 Å². The van der Waals surface area contributed by atoms with Crippen LogP contribution in [0.5, 0.6) is 5.75 Å². The Hall–Kier alpha value is -3.06. The lowest BCUT2D eigenvalue weighted by Crippen LogP contribution is -2.36. The lowest BCUT2D eigenvalue weighted by atomic mass is 10.1. The lowest BCUT2D eigenvalue weighted by Gasteiger charge is -2.25. The SMILES string of the molecule is CCOc1ccccc1N1CC(C(=O)N(Cc2ccco2)Cc2cccs2)CC1=O. The first-order chi connectivity index (χ1) is 14.7. The zero-order valence-corrected chi connectivity index (χ0v) is 17.6. The number of furan rings is 1. The zero-order chi connectivity index (χ0) is 20.9. The predicted octanol–water partition coefficient (Wildman–Crippen LogP) is 4.32. The standard InChI is InChI=1S/C23H24N2O4S/c1-2-28-21-10-4-3-9-20(21)25-14-17(13-22(25)26)23(27)24(15-18-7-5-11-29-18)16-19-8-6-12-30-19/h3-12,17H,2,13-16H2,1H3. The van der Waals surface area contributed by atoms with Gasteiger partial charge in [-0.2, -0.15) is 0 Å². The molecule has 1 aromatic carbocycles. The number of hydrogen-bond donors (Lipinski definition) is 0. The number of hydrogen-bond acceptors (Lipinski definition) is 5. The Morgan fingerprint density at radius 3 is 2.80 bits per heavy atom. The number of para-hydroxylation sites is 2. The Labute approximate surface area is 179 Å². The number of rotatable bonds is 8. The van der Waals surface area contributed by atoms with Crippen molar-refractivity contribution in [2.45, 2.75) is 26.4 Å². The van der Waals surface area contributed by atoms with Gasteiger partial charge in [0.25, 0.3) is 0 Å². The zero-order valence-electron chi connectivity index (χ0n) is 16.8. The molecule has 6 nitrogen and oxygen atoms in total. The monoisotopic (exact) mass is 424 g/mol. The molecule has 1 saturated heterocycles. The maximum absolute atomic E-state index is 13.4. The normalized spacial score (nSPS) is 16.1. The van der Waals surface area contributed by atoms with Gasteiger partial charge in [0.1, 0.15) is 11.5 Å². The number of amides is 2. The van der Waals surface area contributed by atoms with E-state index < -0.39 is 5.92 Å². The van der Waals surface area contributed by atoms with Crippen LogP contribution in [0.4, 0.5) is 5.69 Å². The van der Waals surface area contributed by atoms with E-state index in [0.29, 0.717) is 32.0 Å². The number of anilines is 1. The van der Waals surface area contributed by atoms with E-state index in [4.69, 9.17) is 9.15 Å². The summed E-state index contributed by atoms with van der Waals surface area (Å²) in [5, 5.41) is 2.00. The van der Waals surface area contributed by atoms with Gasteiger partial charge in [-0.25, -0.2) is 0 Å². The highest BCUT2D eigenvalue weighted by atomic mass is 32.1. The molecular formula is C23H24N2O4S. The molecule has 3 aromatic rings. The maximum atomic E-state index is 13.4. The summed E-state index contributed by atoms with van der Waals surface area (Å²) in [6.07, 6.45) is 1.80. The summed E-state index contributed by atoms with van der Waals surface area (Å²) < 4.78 is 11.1. The summed E-state index contributed by atoms with van der Waals surface area (Å²) in [6, 6.07) is 15.1. The first kappa shape index (κ1) is 20.2. The minimum Gasteiger partial charge on any atom is -0.492 e. The molecule has 0 aliphatic carbocycles. The minimum atomic E-state index is -0.401. The molecule has 3 heterocycles. The van der Waals surface area contributed by atoms with Gasteiger partial charge in [0.15, 0.2) is 0 Å². The van der Waals surface area contributed by atoms with Crippen molar-refractivity contribution < 1.29 is 18.7 Å². The fourth-order valence-electron chi connectivity index (χ4n) is 3.71. The maximum Gasteiger partial charge on any atom is 0.228 e. The fraction of sp³-hybridized carbons (Fsp3) is 0.304. The number of thiophene rings is 1. The van der Waals surface area contributed by atoms with Crippen LogP contribution < -0.4 is 9.64 Å². The van der Waals surface area contributed by atoms with Crippen LogP contribution in [0.1, 0.15) is 24.0 Å². The lowest BCUT2D eigenvalue weighted by molar-refractivity contribution is -0.137. The van der Waals surface area contributed by atoms with Crippen LogP contribution in [0.25, 0.3) is 0 Å². The average Bonchev–Trinajstić information content (AvgIpc) is 3.51. The van der Waals surface area contributed by atoms with E-state index in [-0.39, 0.29) is 18.2 Å². The van der Waals surface area contributed by atoms with E-state index in [0.717, 1.165) is 16.3 Å².